The average Bonchev–Trinajstić information content (AvgIpc) is 2.87. The second-order valence-electron chi connectivity index (χ2n) is 9.42. The van der Waals surface area contributed by atoms with Gasteiger partial charge in [0.25, 0.3) is 0 Å². The van der Waals surface area contributed by atoms with Gasteiger partial charge < -0.3 is 9.47 Å². The van der Waals surface area contributed by atoms with Crippen LogP contribution in [0.3, 0.4) is 0 Å². The third-order valence-corrected chi connectivity index (χ3v) is 6.79. The highest BCUT2D eigenvalue weighted by Gasteiger charge is 2.29. The van der Waals surface area contributed by atoms with Crippen LogP contribution < -0.4 is 4.74 Å². The van der Waals surface area contributed by atoms with Crippen LogP contribution in [-0.4, -0.2) is 18.7 Å². The molecule has 3 aromatic rings. The van der Waals surface area contributed by atoms with Crippen LogP contribution in [0, 0.1) is 24.4 Å². The van der Waals surface area contributed by atoms with Crippen LogP contribution in [0.25, 0.3) is 11.1 Å². The van der Waals surface area contributed by atoms with Gasteiger partial charge in [0.2, 0.25) is 0 Å². The molecular weight excluding hydrogens is 465 g/mol. The molecule has 4 rings (SSSR count). The molecule has 0 spiro atoms. The number of rotatable bonds is 8. The van der Waals surface area contributed by atoms with Crippen LogP contribution in [0.2, 0.25) is 0 Å². The summed E-state index contributed by atoms with van der Waals surface area (Å²) in [4.78, 5) is 12.5. The minimum absolute atomic E-state index is 0.139. The van der Waals surface area contributed by atoms with E-state index < -0.39 is 29.5 Å². The molecule has 1 aliphatic carbocycles. The molecule has 0 heterocycles. The molecule has 3 aromatic carbocycles. The van der Waals surface area contributed by atoms with Crippen LogP contribution in [0.4, 0.5) is 13.2 Å². The summed E-state index contributed by atoms with van der Waals surface area (Å²) in [5.74, 6) is -2.87. The highest BCUT2D eigenvalue weighted by atomic mass is 19.2. The van der Waals surface area contributed by atoms with E-state index in [-0.39, 0.29) is 17.0 Å². The van der Waals surface area contributed by atoms with Crippen molar-refractivity contribution in [1.29, 1.82) is 0 Å². The van der Waals surface area contributed by atoms with E-state index in [2.05, 4.69) is 0 Å². The van der Waals surface area contributed by atoms with Gasteiger partial charge in [0.05, 0.1) is 12.2 Å². The lowest BCUT2D eigenvalue weighted by Gasteiger charge is -2.29. The number of carbonyl (C=O) groups excluding carboxylic acids is 1. The number of carbonyl (C=O) groups is 1. The Morgan fingerprint density at radius 1 is 0.917 bits per heavy atom. The fourth-order valence-electron chi connectivity index (χ4n) is 4.63. The van der Waals surface area contributed by atoms with Gasteiger partial charge in [-0.05, 0) is 68.2 Å². The van der Waals surface area contributed by atoms with Gasteiger partial charge in [0.1, 0.15) is 17.7 Å². The number of hydrogen-bond acceptors (Lipinski definition) is 3. The Morgan fingerprint density at radius 2 is 1.64 bits per heavy atom. The molecule has 0 atom stereocenters. The maximum absolute atomic E-state index is 15.0. The molecule has 0 amide bonds. The van der Waals surface area contributed by atoms with Crippen LogP contribution in [0.1, 0.15) is 72.9 Å². The Bertz CT molecular complexity index is 1200. The van der Waals surface area contributed by atoms with Crippen molar-refractivity contribution in [2.45, 2.75) is 64.4 Å². The van der Waals surface area contributed by atoms with E-state index >= 15 is 4.39 Å². The van der Waals surface area contributed by atoms with Crippen LogP contribution in [-0.2, 0) is 4.74 Å². The summed E-state index contributed by atoms with van der Waals surface area (Å²) in [5, 5.41) is 0. The van der Waals surface area contributed by atoms with Crippen molar-refractivity contribution >= 4 is 5.97 Å². The molecular formula is C30H31F3O3. The number of unbranched alkanes of at least 4 members (excludes halogenated alkanes) is 1. The van der Waals surface area contributed by atoms with Crippen molar-refractivity contribution in [3.05, 3.63) is 88.7 Å². The van der Waals surface area contributed by atoms with Gasteiger partial charge in [-0.25, -0.2) is 18.0 Å². The summed E-state index contributed by atoms with van der Waals surface area (Å²) in [5.41, 5.74) is 2.12. The van der Waals surface area contributed by atoms with E-state index in [1.165, 1.54) is 12.1 Å². The van der Waals surface area contributed by atoms with Gasteiger partial charge in [-0.1, -0.05) is 55.3 Å². The zero-order valence-electron chi connectivity index (χ0n) is 20.7. The lowest BCUT2D eigenvalue weighted by molar-refractivity contribution is 0.0189. The topological polar surface area (TPSA) is 35.5 Å². The smallest absolute Gasteiger partial charge is 0.341 e. The first-order valence-electron chi connectivity index (χ1n) is 12.6. The van der Waals surface area contributed by atoms with Crippen molar-refractivity contribution in [2.24, 2.45) is 0 Å². The van der Waals surface area contributed by atoms with Crippen molar-refractivity contribution in [1.82, 2.24) is 0 Å². The Labute approximate surface area is 210 Å². The number of halogens is 3. The van der Waals surface area contributed by atoms with Crippen LogP contribution in [0.15, 0.2) is 54.6 Å². The number of hydrogen-bond donors (Lipinski definition) is 0. The van der Waals surface area contributed by atoms with E-state index in [0.717, 1.165) is 18.4 Å². The van der Waals surface area contributed by atoms with E-state index in [1.807, 2.05) is 26.0 Å². The summed E-state index contributed by atoms with van der Waals surface area (Å²) in [7, 11) is 0. The zero-order valence-corrected chi connectivity index (χ0v) is 20.7. The lowest BCUT2D eigenvalue weighted by atomic mass is 9.82. The van der Waals surface area contributed by atoms with Gasteiger partial charge in [0, 0.05) is 11.6 Å². The fraction of sp³-hybridized carbons (Fsp3) is 0.367. The standard InChI is InChI=1S/C30H31F3O3/c1-3-4-17-35-23-13-14-26(27(31)18-23)30(34)36-22-11-9-21(10-12-22)25-16-15-24(28(32)29(25)33)20-7-5-19(2)6-8-20/h5-8,13-16,18,21-22H,3-4,9-12,17H2,1-2H3. The molecule has 3 nitrogen and oxygen atoms in total. The predicted molar refractivity (Wildman–Crippen MR) is 134 cm³/mol. The Hall–Kier alpha value is -3.28. The first-order chi connectivity index (χ1) is 17.4. The second kappa shape index (κ2) is 11.6. The van der Waals surface area contributed by atoms with E-state index in [9.17, 15) is 13.6 Å². The summed E-state index contributed by atoms with van der Waals surface area (Å²) in [6.07, 6.45) is 3.52. The normalized spacial score (nSPS) is 17.6. The van der Waals surface area contributed by atoms with E-state index in [4.69, 9.17) is 9.47 Å². The maximum Gasteiger partial charge on any atom is 0.341 e. The summed E-state index contributed by atoms with van der Waals surface area (Å²) < 4.78 is 55.4. The molecule has 1 saturated carbocycles. The van der Waals surface area contributed by atoms with E-state index in [1.54, 1.807) is 30.3 Å². The number of ether oxygens (including phenoxy) is 2. The molecule has 0 aromatic heterocycles. The molecule has 0 N–H and O–H groups in total. The SMILES string of the molecule is CCCCOc1ccc(C(=O)OC2CCC(c3ccc(-c4ccc(C)cc4)c(F)c3F)CC2)c(F)c1. The first kappa shape index (κ1) is 25.8. The molecule has 1 aliphatic rings. The molecule has 36 heavy (non-hydrogen) atoms. The largest absolute Gasteiger partial charge is 0.493 e. The highest BCUT2D eigenvalue weighted by Crippen LogP contribution is 2.38. The van der Waals surface area contributed by atoms with E-state index in [0.29, 0.717) is 49.2 Å². The first-order valence-corrected chi connectivity index (χ1v) is 12.6. The molecule has 0 saturated heterocycles. The van der Waals surface area contributed by atoms with Gasteiger partial charge in [-0.3, -0.25) is 0 Å². The quantitative estimate of drug-likeness (QED) is 0.233. The summed E-state index contributed by atoms with van der Waals surface area (Å²) >= 11 is 0. The summed E-state index contributed by atoms with van der Waals surface area (Å²) in [6, 6.07) is 14.7. The van der Waals surface area contributed by atoms with Crippen molar-refractivity contribution in [3.63, 3.8) is 0 Å². The molecule has 1 fully saturated rings. The molecule has 0 aliphatic heterocycles. The monoisotopic (exact) mass is 496 g/mol. The predicted octanol–water partition coefficient (Wildman–Crippen LogP) is 8.14. The molecule has 0 unspecified atom stereocenters. The van der Waals surface area contributed by atoms with Gasteiger partial charge >= 0.3 is 5.97 Å². The summed E-state index contributed by atoms with van der Waals surface area (Å²) in [6.45, 7) is 4.46. The van der Waals surface area contributed by atoms with Crippen LogP contribution in [0.5, 0.6) is 5.75 Å². The third-order valence-electron chi connectivity index (χ3n) is 6.79. The number of aryl methyl sites for hydroxylation is 1. The minimum Gasteiger partial charge on any atom is -0.493 e. The average molecular weight is 497 g/mol. The minimum atomic E-state index is -0.845. The molecule has 0 radical (unpaired) electrons. The van der Waals surface area contributed by atoms with Gasteiger partial charge in [-0.15, -0.1) is 0 Å². The van der Waals surface area contributed by atoms with Gasteiger partial charge in [0.15, 0.2) is 11.6 Å². The molecule has 190 valence electrons. The van der Waals surface area contributed by atoms with Crippen molar-refractivity contribution in [2.75, 3.05) is 6.61 Å². The fourth-order valence-corrected chi connectivity index (χ4v) is 4.63. The Balaban J connectivity index is 1.36. The lowest BCUT2D eigenvalue weighted by Crippen LogP contribution is -2.24. The zero-order chi connectivity index (χ0) is 25.7. The van der Waals surface area contributed by atoms with Gasteiger partial charge in [-0.2, -0.15) is 0 Å². The number of esters is 1. The Morgan fingerprint density at radius 3 is 2.31 bits per heavy atom. The van der Waals surface area contributed by atoms with Crippen molar-refractivity contribution in [3.8, 4) is 16.9 Å². The molecule has 6 heteroatoms. The van der Waals surface area contributed by atoms with Crippen molar-refractivity contribution < 1.29 is 27.4 Å². The third kappa shape index (κ3) is 5.92. The highest BCUT2D eigenvalue weighted by molar-refractivity contribution is 5.90. The maximum atomic E-state index is 15.0. The molecule has 0 bridgehead atoms. The Kier molecular flexibility index (Phi) is 8.34. The second-order valence-corrected chi connectivity index (χ2v) is 9.42. The van der Waals surface area contributed by atoms with Crippen LogP contribution >= 0.6 is 0 Å². The number of benzene rings is 3.